The van der Waals surface area contributed by atoms with Crippen LogP contribution in [0.25, 0.3) is 12.2 Å². The van der Waals surface area contributed by atoms with Gasteiger partial charge in [-0.1, -0.05) is 42.5 Å². The van der Waals surface area contributed by atoms with Gasteiger partial charge >= 0.3 is 7.60 Å². The smallest absolute Gasteiger partial charge is 0.385 e. The van der Waals surface area contributed by atoms with E-state index < -0.39 is 7.60 Å². The maximum atomic E-state index is 13.4. The third-order valence-electron chi connectivity index (χ3n) is 4.31. The lowest BCUT2D eigenvalue weighted by Gasteiger charge is -2.15. The van der Waals surface area contributed by atoms with E-state index in [-0.39, 0.29) is 24.5 Å². The Balaban J connectivity index is 1.89. The average molecular weight is 442 g/mol. The standard InChI is InChI=1S/C23H27N2O5P/c1-4-28-31(26,29-5-2)23-22(24-17-19-11-14-20(27-3)15-12-19)30-21(25-23)16-13-18-9-7-6-8-10-18/h6-16,24H,4-5,17H2,1-3H3. The molecule has 1 N–H and O–H groups in total. The van der Waals surface area contributed by atoms with E-state index in [0.717, 1.165) is 16.9 Å². The van der Waals surface area contributed by atoms with Gasteiger partial charge in [0.05, 0.1) is 20.3 Å². The molecule has 2 aromatic carbocycles. The number of anilines is 1. The van der Waals surface area contributed by atoms with Crippen LogP contribution in [0, 0.1) is 0 Å². The molecule has 1 aromatic heterocycles. The zero-order chi connectivity index (χ0) is 22.1. The van der Waals surface area contributed by atoms with E-state index in [2.05, 4.69) is 10.3 Å². The van der Waals surface area contributed by atoms with Gasteiger partial charge in [0.25, 0.3) is 0 Å². The van der Waals surface area contributed by atoms with Crippen molar-refractivity contribution >= 4 is 31.1 Å². The lowest BCUT2D eigenvalue weighted by atomic mass is 10.2. The van der Waals surface area contributed by atoms with Crippen LogP contribution in [0.2, 0.25) is 0 Å². The molecule has 0 amide bonds. The van der Waals surface area contributed by atoms with Gasteiger partial charge in [-0.15, -0.1) is 0 Å². The number of oxazole rings is 1. The Morgan fingerprint density at radius 1 is 1.00 bits per heavy atom. The Kier molecular flexibility index (Phi) is 8.06. The highest BCUT2D eigenvalue weighted by Crippen LogP contribution is 2.48. The van der Waals surface area contributed by atoms with Crippen molar-refractivity contribution in [3.8, 4) is 5.75 Å². The molecule has 0 fully saturated rings. The van der Waals surface area contributed by atoms with E-state index >= 15 is 0 Å². The second kappa shape index (κ2) is 11.0. The van der Waals surface area contributed by atoms with Crippen LogP contribution in [0.5, 0.6) is 5.75 Å². The van der Waals surface area contributed by atoms with Crippen molar-refractivity contribution in [3.63, 3.8) is 0 Å². The van der Waals surface area contributed by atoms with E-state index in [1.807, 2.05) is 60.7 Å². The number of methoxy groups -OCH3 is 1. The second-order valence-corrected chi connectivity index (χ2v) is 8.42. The summed E-state index contributed by atoms with van der Waals surface area (Å²) in [5.41, 5.74) is 2.12. The quantitative estimate of drug-likeness (QED) is 0.401. The summed E-state index contributed by atoms with van der Waals surface area (Å²) in [5, 5.41) is 3.17. The lowest BCUT2D eigenvalue weighted by molar-refractivity contribution is 0.229. The minimum absolute atomic E-state index is 0.137. The van der Waals surface area contributed by atoms with Crippen molar-refractivity contribution in [1.82, 2.24) is 4.98 Å². The molecule has 1 heterocycles. The minimum Gasteiger partial charge on any atom is -0.497 e. The third-order valence-corrected chi connectivity index (χ3v) is 6.33. The summed E-state index contributed by atoms with van der Waals surface area (Å²) in [7, 11) is -2.02. The van der Waals surface area contributed by atoms with Crippen LogP contribution in [-0.4, -0.2) is 25.3 Å². The van der Waals surface area contributed by atoms with E-state index in [1.165, 1.54) is 0 Å². The highest BCUT2D eigenvalue weighted by atomic mass is 31.2. The van der Waals surface area contributed by atoms with E-state index in [4.69, 9.17) is 18.2 Å². The van der Waals surface area contributed by atoms with Gasteiger partial charge in [-0.2, -0.15) is 4.98 Å². The van der Waals surface area contributed by atoms with E-state index in [1.54, 1.807) is 27.0 Å². The molecular formula is C23H27N2O5P. The van der Waals surface area contributed by atoms with Gasteiger partial charge in [-0.05, 0) is 43.2 Å². The zero-order valence-electron chi connectivity index (χ0n) is 17.9. The average Bonchev–Trinajstić information content (AvgIpc) is 3.22. The molecule has 0 aliphatic carbocycles. The van der Waals surface area contributed by atoms with Crippen molar-refractivity contribution in [2.75, 3.05) is 25.6 Å². The van der Waals surface area contributed by atoms with Crippen LogP contribution in [0.3, 0.4) is 0 Å². The predicted molar refractivity (Wildman–Crippen MR) is 123 cm³/mol. The molecule has 164 valence electrons. The van der Waals surface area contributed by atoms with Crippen LogP contribution < -0.4 is 15.5 Å². The molecule has 7 nitrogen and oxygen atoms in total. The summed E-state index contributed by atoms with van der Waals surface area (Å²) in [6, 6.07) is 17.4. The highest BCUT2D eigenvalue weighted by molar-refractivity contribution is 7.62. The molecule has 0 aliphatic rings. The molecule has 0 saturated carbocycles. The Bertz CT molecular complexity index is 1020. The van der Waals surface area contributed by atoms with Gasteiger partial charge in [0.1, 0.15) is 5.75 Å². The first kappa shape index (κ1) is 22.8. The van der Waals surface area contributed by atoms with Crippen molar-refractivity contribution in [2.24, 2.45) is 0 Å². The fraction of sp³-hybridized carbons (Fsp3) is 0.261. The summed E-state index contributed by atoms with van der Waals surface area (Å²) >= 11 is 0. The zero-order valence-corrected chi connectivity index (χ0v) is 18.8. The fourth-order valence-corrected chi connectivity index (χ4v) is 4.45. The first-order chi connectivity index (χ1) is 15.1. The molecule has 0 unspecified atom stereocenters. The van der Waals surface area contributed by atoms with Gasteiger partial charge in [-0.3, -0.25) is 4.57 Å². The number of benzene rings is 2. The summed E-state index contributed by atoms with van der Waals surface area (Å²) in [4.78, 5) is 4.43. The molecule has 0 aliphatic heterocycles. The molecule has 3 aromatic rings. The van der Waals surface area contributed by atoms with E-state index in [9.17, 15) is 4.57 Å². The number of hydrogen-bond acceptors (Lipinski definition) is 7. The maximum Gasteiger partial charge on any atom is 0.385 e. The molecule has 0 bridgehead atoms. The summed E-state index contributed by atoms with van der Waals surface area (Å²) in [6.07, 6.45) is 3.59. The van der Waals surface area contributed by atoms with Gasteiger partial charge in [0, 0.05) is 12.6 Å². The number of ether oxygens (including phenoxy) is 1. The van der Waals surface area contributed by atoms with Gasteiger partial charge in [0.15, 0.2) is 0 Å². The molecule has 0 saturated heterocycles. The Morgan fingerprint density at radius 3 is 2.29 bits per heavy atom. The van der Waals surface area contributed by atoms with Crippen molar-refractivity contribution in [2.45, 2.75) is 20.4 Å². The first-order valence-corrected chi connectivity index (χ1v) is 11.6. The van der Waals surface area contributed by atoms with Crippen LogP contribution >= 0.6 is 7.60 Å². The number of hydrogen-bond donors (Lipinski definition) is 1. The summed E-state index contributed by atoms with van der Waals surface area (Å²) in [5.74, 6) is 1.33. The minimum atomic E-state index is -3.64. The molecule has 0 atom stereocenters. The van der Waals surface area contributed by atoms with Crippen LogP contribution in [-0.2, 0) is 20.2 Å². The summed E-state index contributed by atoms with van der Waals surface area (Å²) < 4.78 is 35.4. The molecule has 0 spiro atoms. The summed E-state index contributed by atoms with van der Waals surface area (Å²) in [6.45, 7) is 4.39. The van der Waals surface area contributed by atoms with Crippen LogP contribution in [0.15, 0.2) is 59.0 Å². The number of rotatable bonds is 11. The number of aromatic nitrogens is 1. The first-order valence-electron chi connectivity index (χ1n) is 10.1. The maximum absolute atomic E-state index is 13.4. The third kappa shape index (κ3) is 6.07. The van der Waals surface area contributed by atoms with Crippen molar-refractivity contribution < 1.29 is 22.8 Å². The molecule has 3 rings (SSSR count). The van der Waals surface area contributed by atoms with Gasteiger partial charge in [-0.25, -0.2) is 0 Å². The Morgan fingerprint density at radius 2 is 1.68 bits per heavy atom. The normalized spacial score (nSPS) is 11.7. The molecule has 8 heteroatoms. The second-order valence-electron chi connectivity index (χ2n) is 6.48. The molecule has 31 heavy (non-hydrogen) atoms. The van der Waals surface area contributed by atoms with Crippen molar-refractivity contribution in [1.29, 1.82) is 0 Å². The topological polar surface area (TPSA) is 82.8 Å². The Labute approximate surface area is 182 Å². The lowest BCUT2D eigenvalue weighted by Crippen LogP contribution is -2.16. The van der Waals surface area contributed by atoms with Gasteiger partial charge < -0.3 is 23.5 Å². The largest absolute Gasteiger partial charge is 0.497 e. The highest BCUT2D eigenvalue weighted by Gasteiger charge is 2.35. The van der Waals surface area contributed by atoms with Gasteiger partial charge in [0.2, 0.25) is 17.2 Å². The van der Waals surface area contributed by atoms with Crippen LogP contribution in [0.1, 0.15) is 30.9 Å². The number of nitrogens with zero attached hydrogens (tertiary/aromatic N) is 1. The monoisotopic (exact) mass is 442 g/mol. The molecule has 0 radical (unpaired) electrons. The van der Waals surface area contributed by atoms with E-state index in [0.29, 0.717) is 12.4 Å². The molecular weight excluding hydrogens is 415 g/mol. The SMILES string of the molecule is CCOP(=O)(OCC)c1nc(C=Cc2ccccc2)oc1NCc1ccc(OC)cc1. The predicted octanol–water partition coefficient (Wildman–Crippen LogP) is 5.36. The van der Waals surface area contributed by atoms with Crippen LogP contribution in [0.4, 0.5) is 5.88 Å². The van der Waals surface area contributed by atoms with Crippen molar-refractivity contribution in [3.05, 3.63) is 71.6 Å². The number of nitrogens with one attached hydrogen (secondary N) is 1. The fourth-order valence-electron chi connectivity index (χ4n) is 2.86. The Hall–Kier alpha value is -2.86.